The molecule has 0 radical (unpaired) electrons. The second kappa shape index (κ2) is 9.30. The molecule has 1 aliphatic heterocycles. The zero-order chi connectivity index (χ0) is 24.5. The summed E-state index contributed by atoms with van der Waals surface area (Å²) in [5.74, 6) is -0.397. The summed E-state index contributed by atoms with van der Waals surface area (Å²) in [5.41, 5.74) is 4.46. The average molecular weight is 473 g/mol. The van der Waals surface area contributed by atoms with Gasteiger partial charge >= 0.3 is 0 Å². The maximum Gasteiger partial charge on any atom is 0.257 e. The fraction of sp³-hybridized carbons (Fsp3) is 0.320. The van der Waals surface area contributed by atoms with Crippen molar-refractivity contribution in [1.29, 1.82) is 0 Å². The number of aromatic amines is 1. The highest BCUT2D eigenvalue weighted by atomic mass is 16.2. The first kappa shape index (κ1) is 22.7. The molecular weight excluding hydrogens is 444 g/mol. The van der Waals surface area contributed by atoms with Crippen molar-refractivity contribution in [1.82, 2.24) is 29.6 Å². The molecule has 4 aromatic heterocycles. The maximum absolute atomic E-state index is 13.0. The third kappa shape index (κ3) is 4.92. The van der Waals surface area contributed by atoms with Crippen LogP contribution < -0.4 is 10.6 Å². The van der Waals surface area contributed by atoms with Crippen LogP contribution in [-0.2, 0) is 11.8 Å². The van der Waals surface area contributed by atoms with Gasteiger partial charge in [-0.1, -0.05) is 0 Å². The Morgan fingerprint density at radius 2 is 2.03 bits per heavy atom. The largest absolute Gasteiger partial charge is 0.338 e. The van der Waals surface area contributed by atoms with E-state index in [1.807, 2.05) is 25.4 Å². The highest BCUT2D eigenvalue weighted by Crippen LogP contribution is 2.24. The van der Waals surface area contributed by atoms with Crippen molar-refractivity contribution < 1.29 is 9.59 Å². The highest BCUT2D eigenvalue weighted by molar-refractivity contribution is 6.06. The number of aromatic nitrogens is 5. The number of nitrogens with zero attached hydrogens (tertiary/aromatic N) is 5. The zero-order valence-corrected chi connectivity index (χ0v) is 20.0. The fourth-order valence-corrected chi connectivity index (χ4v) is 4.37. The minimum Gasteiger partial charge on any atom is -0.338 e. The van der Waals surface area contributed by atoms with Gasteiger partial charge in [0.25, 0.3) is 5.91 Å². The Hall–Kier alpha value is -4.05. The minimum absolute atomic E-state index is 0.0903. The number of carbonyl (C=O) groups is 2. The van der Waals surface area contributed by atoms with E-state index in [9.17, 15) is 9.59 Å². The second-order valence-corrected chi connectivity index (χ2v) is 9.04. The summed E-state index contributed by atoms with van der Waals surface area (Å²) < 4.78 is 1.73. The summed E-state index contributed by atoms with van der Waals surface area (Å²) in [5, 5.41) is 11.0. The van der Waals surface area contributed by atoms with Crippen molar-refractivity contribution in [3.8, 4) is 11.4 Å². The number of H-pyrrole nitrogens is 1. The Balaban J connectivity index is 1.29. The van der Waals surface area contributed by atoms with Gasteiger partial charge in [0, 0.05) is 30.9 Å². The van der Waals surface area contributed by atoms with Gasteiger partial charge in [0.15, 0.2) is 0 Å². The van der Waals surface area contributed by atoms with E-state index < -0.39 is 0 Å². The quantitative estimate of drug-likeness (QED) is 0.396. The number of nitrogens with one attached hydrogen (secondary N) is 3. The fourth-order valence-electron chi connectivity index (χ4n) is 4.37. The van der Waals surface area contributed by atoms with Crippen LogP contribution in [-0.4, -0.2) is 60.6 Å². The van der Waals surface area contributed by atoms with E-state index >= 15 is 0 Å². The molecule has 1 atom stereocenters. The molecule has 35 heavy (non-hydrogen) atoms. The molecule has 1 aliphatic rings. The molecule has 0 saturated carbocycles. The first-order chi connectivity index (χ1) is 16.9. The Labute approximate surface area is 202 Å². The Bertz CT molecular complexity index is 1410. The summed E-state index contributed by atoms with van der Waals surface area (Å²) in [4.78, 5) is 39.6. The van der Waals surface area contributed by atoms with Crippen LogP contribution >= 0.6 is 0 Å². The Morgan fingerprint density at radius 3 is 2.77 bits per heavy atom. The third-order valence-corrected chi connectivity index (χ3v) is 6.38. The van der Waals surface area contributed by atoms with E-state index in [0.717, 1.165) is 36.2 Å². The van der Waals surface area contributed by atoms with E-state index in [2.05, 4.69) is 42.5 Å². The van der Waals surface area contributed by atoms with Gasteiger partial charge in [-0.3, -0.25) is 24.2 Å². The summed E-state index contributed by atoms with van der Waals surface area (Å²) in [6.45, 7) is 5.23. The van der Waals surface area contributed by atoms with Gasteiger partial charge in [0.1, 0.15) is 11.3 Å². The molecule has 10 nitrogen and oxygen atoms in total. The van der Waals surface area contributed by atoms with Crippen LogP contribution in [0, 0.1) is 6.92 Å². The normalized spacial score (nSPS) is 16.0. The molecule has 5 heterocycles. The molecule has 4 aromatic rings. The smallest absolute Gasteiger partial charge is 0.257 e. The molecular formula is C25H28N8O2. The number of hydrogen-bond acceptors (Lipinski definition) is 6. The number of likely N-dealkylation sites (tertiary alicyclic amines) is 1. The number of fused-ring (bicyclic) bond motifs is 1. The lowest BCUT2D eigenvalue weighted by Crippen LogP contribution is -2.35. The van der Waals surface area contributed by atoms with E-state index in [1.165, 1.54) is 6.20 Å². The summed E-state index contributed by atoms with van der Waals surface area (Å²) >= 11 is 0. The molecule has 0 aromatic carbocycles. The monoisotopic (exact) mass is 472 g/mol. The molecule has 3 N–H and O–H groups in total. The van der Waals surface area contributed by atoms with Gasteiger partial charge in [-0.2, -0.15) is 5.10 Å². The van der Waals surface area contributed by atoms with Gasteiger partial charge in [0.05, 0.1) is 41.1 Å². The molecule has 180 valence electrons. The van der Waals surface area contributed by atoms with Gasteiger partial charge in [-0.05, 0) is 57.5 Å². The highest BCUT2D eigenvalue weighted by Gasteiger charge is 2.22. The van der Waals surface area contributed by atoms with Crippen LogP contribution in [0.1, 0.15) is 35.8 Å². The standard InChI is InChI=1S/C25H28N8O2/c1-15-5-4-7-33(15)14-23(34)28-19-11-21(16(2)26-13-19)30-25(35)18-9-17-10-22(29-24(17)27-12-18)20-6-8-32(3)31-20/h6,8-13,15H,4-5,7,14H2,1-3H3,(H,27,29)(H,28,34)(H,30,35)/t15-/m0/s1. The summed E-state index contributed by atoms with van der Waals surface area (Å²) in [7, 11) is 1.86. The van der Waals surface area contributed by atoms with Gasteiger partial charge in [-0.15, -0.1) is 0 Å². The summed E-state index contributed by atoms with van der Waals surface area (Å²) in [6, 6.07) is 7.76. The lowest BCUT2D eigenvalue weighted by atomic mass is 10.2. The SMILES string of the molecule is Cc1ncc(NC(=O)CN2CCC[C@@H]2C)cc1NC(=O)c1cnc2[nH]c(-c3ccn(C)n3)cc2c1. The molecule has 5 rings (SSSR count). The average Bonchev–Trinajstić information content (AvgIpc) is 3.55. The predicted molar refractivity (Wildman–Crippen MR) is 134 cm³/mol. The van der Waals surface area contributed by atoms with Crippen molar-refractivity contribution >= 4 is 34.2 Å². The zero-order valence-electron chi connectivity index (χ0n) is 20.0. The number of pyridine rings is 2. The number of amides is 2. The van der Waals surface area contributed by atoms with E-state index in [0.29, 0.717) is 40.9 Å². The number of hydrogen-bond donors (Lipinski definition) is 3. The molecule has 0 aliphatic carbocycles. The van der Waals surface area contributed by atoms with Crippen LogP contribution in [0.4, 0.5) is 11.4 Å². The molecule has 2 amide bonds. The summed E-state index contributed by atoms with van der Waals surface area (Å²) in [6.07, 6.45) is 7.23. The molecule has 0 bridgehead atoms. The van der Waals surface area contributed by atoms with Gasteiger partial charge in [0.2, 0.25) is 5.91 Å². The van der Waals surface area contributed by atoms with Crippen molar-refractivity contribution in [2.75, 3.05) is 23.7 Å². The predicted octanol–water partition coefficient (Wildman–Crippen LogP) is 3.34. The number of anilines is 2. The van der Waals surface area contributed by atoms with Gasteiger partial charge in [-0.25, -0.2) is 4.98 Å². The second-order valence-electron chi connectivity index (χ2n) is 9.04. The minimum atomic E-state index is -0.306. The molecule has 0 unspecified atom stereocenters. The molecule has 1 fully saturated rings. The number of rotatable bonds is 6. The third-order valence-electron chi connectivity index (χ3n) is 6.38. The van der Waals surface area contributed by atoms with Crippen molar-refractivity contribution in [3.63, 3.8) is 0 Å². The van der Waals surface area contributed by atoms with Crippen LogP contribution in [0.3, 0.4) is 0 Å². The Morgan fingerprint density at radius 1 is 1.17 bits per heavy atom. The van der Waals surface area contributed by atoms with E-state index in [1.54, 1.807) is 29.9 Å². The topological polar surface area (TPSA) is 121 Å². The lowest BCUT2D eigenvalue weighted by molar-refractivity contribution is -0.117. The number of aryl methyl sites for hydroxylation is 2. The van der Waals surface area contributed by atoms with Gasteiger partial charge < -0.3 is 15.6 Å². The molecule has 0 spiro atoms. The maximum atomic E-state index is 13.0. The van der Waals surface area contributed by atoms with Crippen molar-refractivity contribution in [2.45, 2.75) is 32.7 Å². The van der Waals surface area contributed by atoms with E-state index in [-0.39, 0.29) is 11.8 Å². The van der Waals surface area contributed by atoms with Crippen LogP contribution in [0.25, 0.3) is 22.4 Å². The van der Waals surface area contributed by atoms with Crippen LogP contribution in [0.15, 0.2) is 42.9 Å². The van der Waals surface area contributed by atoms with Crippen LogP contribution in [0.2, 0.25) is 0 Å². The van der Waals surface area contributed by atoms with E-state index in [4.69, 9.17) is 0 Å². The van der Waals surface area contributed by atoms with Crippen LogP contribution in [0.5, 0.6) is 0 Å². The Kier molecular flexibility index (Phi) is 6.04. The van der Waals surface area contributed by atoms with Crippen molar-refractivity contribution in [3.05, 3.63) is 54.1 Å². The molecule has 10 heteroatoms. The van der Waals surface area contributed by atoms with Crippen molar-refractivity contribution in [2.24, 2.45) is 7.05 Å². The first-order valence-electron chi connectivity index (χ1n) is 11.7. The first-order valence-corrected chi connectivity index (χ1v) is 11.7. The lowest BCUT2D eigenvalue weighted by Gasteiger charge is -2.20. The number of carbonyl (C=O) groups excluding carboxylic acids is 2. The molecule has 1 saturated heterocycles.